The summed E-state index contributed by atoms with van der Waals surface area (Å²) in [5.41, 5.74) is 5.12. The van der Waals surface area contributed by atoms with Crippen LogP contribution in [0.15, 0.2) is 0 Å². The highest BCUT2D eigenvalue weighted by Crippen LogP contribution is 2.17. The van der Waals surface area contributed by atoms with Gasteiger partial charge in [0.25, 0.3) is 0 Å². The van der Waals surface area contributed by atoms with Gasteiger partial charge >= 0.3 is 5.97 Å². The molecule has 0 amide bonds. The van der Waals surface area contributed by atoms with E-state index in [2.05, 4.69) is 0 Å². The zero-order valence-corrected chi connectivity index (χ0v) is 11.1. The molecule has 2 N–H and O–H groups in total. The summed E-state index contributed by atoms with van der Waals surface area (Å²) < 4.78 is 10.5. The van der Waals surface area contributed by atoms with Gasteiger partial charge in [0.15, 0.2) is 0 Å². The Balaban J connectivity index is 3.91. The van der Waals surface area contributed by atoms with Crippen LogP contribution in [-0.2, 0) is 14.3 Å². The van der Waals surface area contributed by atoms with Gasteiger partial charge in [-0.1, -0.05) is 0 Å². The zero-order chi connectivity index (χ0) is 12.8. The Kier molecular flexibility index (Phi) is 5.97. The lowest BCUT2D eigenvalue weighted by Crippen LogP contribution is -2.36. The van der Waals surface area contributed by atoms with E-state index in [1.165, 1.54) is 0 Å². The van der Waals surface area contributed by atoms with Gasteiger partial charge in [0.2, 0.25) is 0 Å². The van der Waals surface area contributed by atoms with E-state index in [4.69, 9.17) is 15.2 Å². The maximum absolute atomic E-state index is 11.3. The molecule has 0 spiro atoms. The van der Waals surface area contributed by atoms with Crippen molar-refractivity contribution in [1.82, 2.24) is 0 Å². The Morgan fingerprint density at radius 1 is 1.25 bits per heavy atom. The van der Waals surface area contributed by atoms with Gasteiger partial charge in [-0.3, -0.25) is 4.79 Å². The van der Waals surface area contributed by atoms with Crippen molar-refractivity contribution >= 4 is 5.97 Å². The quantitative estimate of drug-likeness (QED) is 0.679. The smallest absolute Gasteiger partial charge is 0.308 e. The lowest BCUT2D eigenvalue weighted by atomic mass is 10.0. The molecule has 0 bridgehead atoms. The number of ether oxygens (including phenoxy) is 2. The lowest BCUT2D eigenvalue weighted by molar-refractivity contribution is -0.150. The molecule has 0 radical (unpaired) electrons. The largest absolute Gasteiger partial charge is 0.466 e. The van der Waals surface area contributed by atoms with Gasteiger partial charge < -0.3 is 15.2 Å². The number of esters is 1. The van der Waals surface area contributed by atoms with Crippen molar-refractivity contribution in [1.29, 1.82) is 0 Å². The van der Waals surface area contributed by atoms with Crippen LogP contribution in [0, 0.1) is 0 Å². The fourth-order valence-corrected chi connectivity index (χ4v) is 1.20. The van der Waals surface area contributed by atoms with Crippen molar-refractivity contribution < 1.29 is 14.3 Å². The van der Waals surface area contributed by atoms with Crippen molar-refractivity contribution in [2.45, 2.75) is 58.6 Å². The van der Waals surface area contributed by atoms with E-state index in [1.54, 1.807) is 6.92 Å². The molecule has 0 aliphatic carbocycles. The standard InChI is InChI=1S/C12H25NO3/c1-6-15-10(14)9-12(4,5)16-8-7-11(2,3)13/h6-9,13H2,1-5H3. The Hall–Kier alpha value is -0.610. The third-order valence-electron chi connectivity index (χ3n) is 2.11. The molecule has 0 aliphatic rings. The molecule has 16 heavy (non-hydrogen) atoms. The van der Waals surface area contributed by atoms with Crippen LogP contribution in [-0.4, -0.2) is 30.3 Å². The van der Waals surface area contributed by atoms with Crippen molar-refractivity contribution in [3.63, 3.8) is 0 Å². The summed E-state index contributed by atoms with van der Waals surface area (Å²) in [6.07, 6.45) is 1.03. The fourth-order valence-electron chi connectivity index (χ4n) is 1.20. The van der Waals surface area contributed by atoms with Crippen LogP contribution in [0.2, 0.25) is 0 Å². The molecular weight excluding hydrogens is 206 g/mol. The summed E-state index contributed by atoms with van der Waals surface area (Å²) in [5, 5.41) is 0. The van der Waals surface area contributed by atoms with Crippen molar-refractivity contribution in [3.05, 3.63) is 0 Å². The second-order valence-electron chi connectivity index (χ2n) is 5.33. The normalized spacial score (nSPS) is 12.6. The number of nitrogens with two attached hydrogens (primary N) is 1. The van der Waals surface area contributed by atoms with E-state index < -0.39 is 5.60 Å². The molecule has 0 heterocycles. The molecule has 0 aliphatic heterocycles. The van der Waals surface area contributed by atoms with Crippen LogP contribution >= 0.6 is 0 Å². The van der Waals surface area contributed by atoms with Gasteiger partial charge in [-0.2, -0.15) is 0 Å². The first kappa shape index (κ1) is 15.4. The van der Waals surface area contributed by atoms with E-state index in [1.807, 2.05) is 27.7 Å². The second kappa shape index (κ2) is 6.21. The van der Waals surface area contributed by atoms with E-state index >= 15 is 0 Å². The lowest BCUT2D eigenvalue weighted by Gasteiger charge is -2.26. The minimum atomic E-state index is -0.489. The third-order valence-corrected chi connectivity index (χ3v) is 2.11. The Morgan fingerprint density at radius 3 is 2.25 bits per heavy atom. The summed E-state index contributed by atoms with van der Waals surface area (Å²) in [5.74, 6) is -0.223. The SMILES string of the molecule is CCOC(=O)CC(C)(C)OCCC(C)(C)N. The molecule has 0 aromatic heterocycles. The monoisotopic (exact) mass is 231 g/mol. The number of hydrogen-bond donors (Lipinski definition) is 1. The van der Waals surface area contributed by atoms with Crippen molar-refractivity contribution in [2.24, 2.45) is 5.73 Å². The first-order valence-electron chi connectivity index (χ1n) is 5.75. The summed E-state index contributed by atoms with van der Waals surface area (Å²) >= 11 is 0. The molecule has 0 fully saturated rings. The average molecular weight is 231 g/mol. The molecule has 4 nitrogen and oxygen atoms in total. The molecule has 0 saturated heterocycles. The Labute approximate surface area is 98.5 Å². The molecule has 0 unspecified atom stereocenters. The summed E-state index contributed by atoms with van der Waals surface area (Å²) in [6, 6.07) is 0. The van der Waals surface area contributed by atoms with Gasteiger partial charge in [-0.15, -0.1) is 0 Å². The summed E-state index contributed by atoms with van der Waals surface area (Å²) in [6.45, 7) is 10.4. The van der Waals surface area contributed by atoms with Crippen LogP contribution in [0.1, 0.15) is 47.5 Å². The highest BCUT2D eigenvalue weighted by Gasteiger charge is 2.24. The third kappa shape index (κ3) is 8.68. The maximum atomic E-state index is 11.3. The van der Waals surface area contributed by atoms with Crippen LogP contribution in [0.25, 0.3) is 0 Å². The number of carbonyl (C=O) groups is 1. The molecule has 96 valence electrons. The number of hydrogen-bond acceptors (Lipinski definition) is 4. The van der Waals surface area contributed by atoms with E-state index in [0.717, 1.165) is 6.42 Å². The molecule has 0 rings (SSSR count). The van der Waals surface area contributed by atoms with Crippen molar-refractivity contribution in [3.8, 4) is 0 Å². The fraction of sp³-hybridized carbons (Fsp3) is 0.917. The predicted octanol–water partition coefficient (Wildman–Crippen LogP) is 1.86. The summed E-state index contributed by atoms with van der Waals surface area (Å²) in [4.78, 5) is 11.3. The average Bonchev–Trinajstić information content (AvgIpc) is 1.99. The van der Waals surface area contributed by atoms with Gasteiger partial charge in [0, 0.05) is 12.1 Å². The summed E-state index contributed by atoms with van der Waals surface area (Å²) in [7, 11) is 0. The van der Waals surface area contributed by atoms with Crippen LogP contribution in [0.3, 0.4) is 0 Å². The number of carbonyl (C=O) groups excluding carboxylic acids is 1. The van der Waals surface area contributed by atoms with Crippen LogP contribution in [0.4, 0.5) is 0 Å². The minimum Gasteiger partial charge on any atom is -0.466 e. The second-order valence-corrected chi connectivity index (χ2v) is 5.33. The first-order valence-corrected chi connectivity index (χ1v) is 5.75. The van der Waals surface area contributed by atoms with E-state index in [-0.39, 0.29) is 17.9 Å². The number of rotatable bonds is 7. The van der Waals surface area contributed by atoms with Crippen LogP contribution < -0.4 is 5.73 Å². The van der Waals surface area contributed by atoms with Gasteiger partial charge in [-0.25, -0.2) is 0 Å². The van der Waals surface area contributed by atoms with E-state index in [0.29, 0.717) is 13.2 Å². The minimum absolute atomic E-state index is 0.223. The Morgan fingerprint density at radius 2 is 1.81 bits per heavy atom. The highest BCUT2D eigenvalue weighted by molar-refractivity contribution is 5.70. The molecule has 0 aromatic carbocycles. The van der Waals surface area contributed by atoms with Crippen molar-refractivity contribution in [2.75, 3.05) is 13.2 Å². The predicted molar refractivity (Wildman–Crippen MR) is 64.2 cm³/mol. The first-order chi connectivity index (χ1) is 7.16. The molecule has 0 saturated carbocycles. The van der Waals surface area contributed by atoms with Gasteiger partial charge in [-0.05, 0) is 41.0 Å². The maximum Gasteiger partial charge on any atom is 0.308 e. The van der Waals surface area contributed by atoms with Gasteiger partial charge in [0.05, 0.1) is 18.6 Å². The molecule has 0 atom stereocenters. The zero-order valence-electron chi connectivity index (χ0n) is 11.1. The van der Waals surface area contributed by atoms with Crippen LogP contribution in [0.5, 0.6) is 0 Å². The topological polar surface area (TPSA) is 61.5 Å². The molecular formula is C12H25NO3. The molecule has 4 heteroatoms. The molecule has 0 aromatic rings. The van der Waals surface area contributed by atoms with E-state index in [9.17, 15) is 4.79 Å². The Bertz CT molecular complexity index is 219. The van der Waals surface area contributed by atoms with Gasteiger partial charge in [0.1, 0.15) is 0 Å². The highest BCUT2D eigenvalue weighted by atomic mass is 16.5.